The topological polar surface area (TPSA) is 0 Å². The maximum atomic E-state index is 2.47. The number of rotatable bonds is 10. The highest BCUT2D eigenvalue weighted by molar-refractivity contribution is 5.04. The molecular formula is C20H40. The van der Waals surface area contributed by atoms with Gasteiger partial charge in [-0.15, -0.1) is 0 Å². The fraction of sp³-hybridized carbons (Fsp3) is 0.900. The molecule has 0 amide bonds. The Morgan fingerprint density at radius 3 is 1.75 bits per heavy atom. The smallest absolute Gasteiger partial charge is 0.0234 e. The van der Waals surface area contributed by atoms with Crippen LogP contribution in [0.4, 0.5) is 0 Å². The van der Waals surface area contributed by atoms with Crippen LogP contribution in [0.1, 0.15) is 87.5 Å². The van der Waals surface area contributed by atoms with Crippen LogP contribution in [0.15, 0.2) is 11.6 Å². The van der Waals surface area contributed by atoms with E-state index in [1.165, 1.54) is 32.1 Å². The summed E-state index contributed by atoms with van der Waals surface area (Å²) in [6, 6.07) is 0. The van der Waals surface area contributed by atoms with E-state index in [9.17, 15) is 0 Å². The lowest BCUT2D eigenvalue weighted by Gasteiger charge is -2.31. The summed E-state index contributed by atoms with van der Waals surface area (Å²) in [4.78, 5) is 0. The summed E-state index contributed by atoms with van der Waals surface area (Å²) >= 11 is 0. The lowest BCUT2D eigenvalue weighted by molar-refractivity contribution is 0.196. The van der Waals surface area contributed by atoms with Crippen LogP contribution in [-0.4, -0.2) is 0 Å². The molecule has 5 atom stereocenters. The van der Waals surface area contributed by atoms with Gasteiger partial charge in [0, 0.05) is 0 Å². The highest BCUT2D eigenvalue weighted by atomic mass is 14.3. The summed E-state index contributed by atoms with van der Waals surface area (Å²) in [6.07, 6.45) is 8.98. The van der Waals surface area contributed by atoms with Crippen molar-refractivity contribution in [1.29, 1.82) is 0 Å². The van der Waals surface area contributed by atoms with Gasteiger partial charge in [-0.1, -0.05) is 73.0 Å². The maximum absolute atomic E-state index is 2.47. The first-order chi connectivity index (χ1) is 9.38. The van der Waals surface area contributed by atoms with E-state index < -0.39 is 0 Å². The summed E-state index contributed by atoms with van der Waals surface area (Å²) in [5, 5.41) is 0. The fourth-order valence-corrected chi connectivity index (χ4v) is 3.35. The van der Waals surface area contributed by atoms with E-state index in [2.05, 4.69) is 61.5 Å². The maximum Gasteiger partial charge on any atom is -0.0234 e. The van der Waals surface area contributed by atoms with Gasteiger partial charge < -0.3 is 0 Å². The molecule has 0 aliphatic carbocycles. The van der Waals surface area contributed by atoms with Gasteiger partial charge in [-0.05, 0) is 55.8 Å². The number of hydrogen-bond acceptors (Lipinski definition) is 0. The van der Waals surface area contributed by atoms with Crippen LogP contribution in [0, 0.1) is 29.6 Å². The number of allylic oxidation sites excluding steroid dienone is 2. The number of hydrogen-bond donors (Lipinski definition) is 0. The molecule has 0 saturated carbocycles. The second-order valence-corrected chi connectivity index (χ2v) is 7.17. The minimum absolute atomic E-state index is 0.763. The van der Waals surface area contributed by atoms with Gasteiger partial charge in [0.25, 0.3) is 0 Å². The molecule has 0 bridgehead atoms. The highest BCUT2D eigenvalue weighted by Crippen LogP contribution is 2.33. The van der Waals surface area contributed by atoms with Crippen molar-refractivity contribution in [3.8, 4) is 0 Å². The third-order valence-electron chi connectivity index (χ3n) is 5.87. The van der Waals surface area contributed by atoms with Gasteiger partial charge >= 0.3 is 0 Å². The van der Waals surface area contributed by atoms with Crippen molar-refractivity contribution >= 4 is 0 Å². The molecule has 5 unspecified atom stereocenters. The van der Waals surface area contributed by atoms with Crippen LogP contribution in [-0.2, 0) is 0 Å². The minimum Gasteiger partial charge on any atom is -0.0882 e. The van der Waals surface area contributed by atoms with Crippen molar-refractivity contribution in [3.63, 3.8) is 0 Å². The molecule has 0 saturated heterocycles. The summed E-state index contributed by atoms with van der Waals surface area (Å²) < 4.78 is 0. The van der Waals surface area contributed by atoms with E-state index in [-0.39, 0.29) is 0 Å². The van der Waals surface area contributed by atoms with Crippen molar-refractivity contribution in [2.24, 2.45) is 29.6 Å². The largest absolute Gasteiger partial charge is 0.0882 e. The van der Waals surface area contributed by atoms with Crippen molar-refractivity contribution < 1.29 is 0 Å². The molecule has 0 radical (unpaired) electrons. The zero-order valence-electron chi connectivity index (χ0n) is 15.5. The molecule has 0 spiro atoms. The minimum atomic E-state index is 0.763. The summed E-state index contributed by atoms with van der Waals surface area (Å²) in [5.41, 5.74) is 1.67. The highest BCUT2D eigenvalue weighted by Gasteiger charge is 2.23. The first-order valence-electron chi connectivity index (χ1n) is 9.03. The Morgan fingerprint density at radius 2 is 1.35 bits per heavy atom. The molecule has 0 aromatic carbocycles. The van der Waals surface area contributed by atoms with Gasteiger partial charge in [-0.25, -0.2) is 0 Å². The molecule has 0 aliphatic heterocycles. The average molecular weight is 281 g/mol. The van der Waals surface area contributed by atoms with E-state index in [1.54, 1.807) is 5.57 Å². The summed E-state index contributed by atoms with van der Waals surface area (Å²) in [5.74, 6) is 4.16. The average Bonchev–Trinajstić information content (AvgIpc) is 2.45. The third kappa shape index (κ3) is 6.46. The molecule has 0 fully saturated rings. The molecule has 0 rings (SSSR count). The zero-order chi connectivity index (χ0) is 15.7. The van der Waals surface area contributed by atoms with Crippen molar-refractivity contribution in [2.75, 3.05) is 0 Å². The monoisotopic (exact) mass is 280 g/mol. The van der Waals surface area contributed by atoms with Gasteiger partial charge in [0.2, 0.25) is 0 Å². The van der Waals surface area contributed by atoms with Crippen LogP contribution in [0.3, 0.4) is 0 Å². The van der Waals surface area contributed by atoms with Crippen LogP contribution >= 0.6 is 0 Å². The fourth-order valence-electron chi connectivity index (χ4n) is 3.35. The van der Waals surface area contributed by atoms with E-state index in [4.69, 9.17) is 0 Å². The lowest BCUT2D eigenvalue weighted by atomic mass is 9.75. The predicted molar refractivity (Wildman–Crippen MR) is 94.0 cm³/mol. The van der Waals surface area contributed by atoms with Gasteiger partial charge in [0.1, 0.15) is 0 Å². The Morgan fingerprint density at radius 1 is 0.850 bits per heavy atom. The SMILES string of the molecule is CC=C(CCC(C)C(C)C(C)C(C)CCC)C(C)CC. The normalized spacial score (nSPS) is 20.3. The predicted octanol–water partition coefficient (Wildman–Crippen LogP) is 7.10. The summed E-state index contributed by atoms with van der Waals surface area (Å²) in [7, 11) is 0. The summed E-state index contributed by atoms with van der Waals surface area (Å²) in [6.45, 7) is 19.0. The van der Waals surface area contributed by atoms with E-state index in [0.29, 0.717) is 0 Å². The standard InChI is InChI=1S/C20H40/c1-9-12-16(5)18(7)19(8)17(6)13-14-20(11-3)15(4)10-2/h11,15-19H,9-10,12-14H2,1-8H3. The molecule has 20 heavy (non-hydrogen) atoms. The van der Waals surface area contributed by atoms with Crippen molar-refractivity contribution in [2.45, 2.75) is 87.5 Å². The molecular weight excluding hydrogens is 240 g/mol. The second-order valence-electron chi connectivity index (χ2n) is 7.17. The Hall–Kier alpha value is -0.260. The molecule has 0 aromatic heterocycles. The molecule has 0 nitrogen and oxygen atoms in total. The third-order valence-corrected chi connectivity index (χ3v) is 5.87. The molecule has 0 aromatic rings. The van der Waals surface area contributed by atoms with Gasteiger partial charge in [0.15, 0.2) is 0 Å². The van der Waals surface area contributed by atoms with Crippen molar-refractivity contribution in [3.05, 3.63) is 11.6 Å². The van der Waals surface area contributed by atoms with Crippen LogP contribution in [0.2, 0.25) is 0 Å². The van der Waals surface area contributed by atoms with E-state index in [0.717, 1.165) is 29.6 Å². The Balaban J connectivity index is 4.35. The molecule has 0 aliphatic rings. The molecule has 0 heterocycles. The Kier molecular flexibility index (Phi) is 10.3. The Bertz CT molecular complexity index is 263. The Labute approximate surface area is 129 Å². The first kappa shape index (κ1) is 19.7. The quantitative estimate of drug-likeness (QED) is 0.374. The molecule has 120 valence electrons. The second kappa shape index (κ2) is 10.5. The first-order valence-corrected chi connectivity index (χ1v) is 9.03. The van der Waals surface area contributed by atoms with Crippen LogP contribution in [0.25, 0.3) is 0 Å². The van der Waals surface area contributed by atoms with E-state index in [1.807, 2.05) is 0 Å². The lowest BCUT2D eigenvalue weighted by Crippen LogP contribution is -2.22. The molecule has 0 heteroatoms. The van der Waals surface area contributed by atoms with E-state index >= 15 is 0 Å². The van der Waals surface area contributed by atoms with Crippen LogP contribution in [0.5, 0.6) is 0 Å². The molecule has 0 N–H and O–H groups in total. The van der Waals surface area contributed by atoms with Crippen molar-refractivity contribution in [1.82, 2.24) is 0 Å². The van der Waals surface area contributed by atoms with Gasteiger partial charge in [-0.2, -0.15) is 0 Å². The van der Waals surface area contributed by atoms with Crippen LogP contribution < -0.4 is 0 Å². The zero-order valence-corrected chi connectivity index (χ0v) is 15.5. The van der Waals surface area contributed by atoms with Gasteiger partial charge in [-0.3, -0.25) is 0 Å². The van der Waals surface area contributed by atoms with Gasteiger partial charge in [0.05, 0.1) is 0 Å².